The summed E-state index contributed by atoms with van der Waals surface area (Å²) >= 11 is 0. The monoisotopic (exact) mass is 411 g/mol. The Labute approximate surface area is 168 Å². The number of likely N-dealkylation sites (tertiary alicyclic amines) is 1. The molecule has 160 valence electrons. The summed E-state index contributed by atoms with van der Waals surface area (Å²) in [6.45, 7) is 7.55. The first kappa shape index (κ1) is 21.3. The van der Waals surface area contributed by atoms with Gasteiger partial charge in [0.1, 0.15) is 5.82 Å². The van der Waals surface area contributed by atoms with E-state index in [1.54, 1.807) is 0 Å². The van der Waals surface area contributed by atoms with Crippen LogP contribution in [0.2, 0.25) is 0 Å². The highest BCUT2D eigenvalue weighted by Gasteiger charge is 2.35. The Morgan fingerprint density at radius 3 is 2.48 bits per heavy atom. The highest BCUT2D eigenvalue weighted by molar-refractivity contribution is 5.97. The van der Waals surface area contributed by atoms with Gasteiger partial charge in [-0.2, -0.15) is 0 Å². The Morgan fingerprint density at radius 1 is 1.24 bits per heavy atom. The van der Waals surface area contributed by atoms with E-state index in [0.29, 0.717) is 32.5 Å². The van der Waals surface area contributed by atoms with Crippen LogP contribution < -0.4 is 9.64 Å². The lowest BCUT2D eigenvalue weighted by atomic mass is 9.97. The fraction of sp³-hybridized carbons (Fsp3) is 0.600. The fourth-order valence-corrected chi connectivity index (χ4v) is 4.11. The van der Waals surface area contributed by atoms with E-state index in [1.807, 2.05) is 20.8 Å². The molecular weight excluding hydrogens is 384 g/mol. The number of nitrogens with zero attached hydrogens (tertiary/aromatic N) is 3. The van der Waals surface area contributed by atoms with Gasteiger partial charge in [0.25, 0.3) is 5.91 Å². The molecule has 1 fully saturated rings. The molecule has 9 heteroatoms. The van der Waals surface area contributed by atoms with Gasteiger partial charge in [-0.15, -0.1) is 0 Å². The quantitative estimate of drug-likeness (QED) is 0.825. The summed E-state index contributed by atoms with van der Waals surface area (Å²) in [5, 5.41) is 9.56. The molecule has 0 atom stereocenters. The van der Waals surface area contributed by atoms with Crippen molar-refractivity contribution in [2.75, 3.05) is 37.7 Å². The highest BCUT2D eigenvalue weighted by Crippen LogP contribution is 2.35. The molecule has 2 aliphatic heterocycles. The molecule has 2 heterocycles. The highest BCUT2D eigenvalue weighted by atomic mass is 19.1. The lowest BCUT2D eigenvalue weighted by Crippen LogP contribution is -2.55. The molecule has 0 bridgehead atoms. The van der Waals surface area contributed by atoms with Crippen molar-refractivity contribution in [1.29, 1.82) is 0 Å². The average molecular weight is 411 g/mol. The second-order valence-electron chi connectivity index (χ2n) is 8.47. The number of halogens is 2. The molecule has 2 amide bonds. The van der Waals surface area contributed by atoms with Gasteiger partial charge < -0.3 is 24.5 Å². The number of piperidine rings is 1. The number of carbonyl (C=O) groups is 2. The maximum absolute atomic E-state index is 13.9. The summed E-state index contributed by atoms with van der Waals surface area (Å²) in [6, 6.07) is 1.79. The number of carboxylic acid groups (broad SMARTS) is 1. The summed E-state index contributed by atoms with van der Waals surface area (Å²) < 4.78 is 32.7. The molecule has 0 aromatic heterocycles. The van der Waals surface area contributed by atoms with E-state index >= 15 is 0 Å². The van der Waals surface area contributed by atoms with Crippen LogP contribution in [0, 0.1) is 11.6 Å². The molecule has 0 saturated carbocycles. The predicted octanol–water partition coefficient (Wildman–Crippen LogP) is 2.93. The van der Waals surface area contributed by atoms with Crippen molar-refractivity contribution in [2.24, 2.45) is 0 Å². The van der Waals surface area contributed by atoms with Crippen molar-refractivity contribution < 1.29 is 28.2 Å². The number of carbonyl (C=O) groups excluding carboxylic acids is 1. The summed E-state index contributed by atoms with van der Waals surface area (Å²) in [5.41, 5.74) is -0.366. The number of benzene rings is 1. The van der Waals surface area contributed by atoms with Crippen LogP contribution in [-0.4, -0.2) is 71.3 Å². The molecule has 29 heavy (non-hydrogen) atoms. The van der Waals surface area contributed by atoms with Gasteiger partial charge in [0, 0.05) is 49.9 Å². The topological polar surface area (TPSA) is 73.3 Å². The van der Waals surface area contributed by atoms with E-state index in [0.717, 1.165) is 12.1 Å². The molecule has 0 spiro atoms. The number of ether oxygens (including phenoxy) is 1. The number of anilines is 1. The smallest absolute Gasteiger partial charge is 0.407 e. The molecule has 0 unspecified atom stereocenters. The second kappa shape index (κ2) is 8.14. The average Bonchev–Trinajstić information content (AvgIpc) is 2.60. The minimum absolute atomic E-state index is 0.0577. The van der Waals surface area contributed by atoms with Crippen LogP contribution in [0.25, 0.3) is 0 Å². The van der Waals surface area contributed by atoms with Crippen molar-refractivity contribution in [1.82, 2.24) is 9.80 Å². The van der Waals surface area contributed by atoms with E-state index < -0.39 is 23.3 Å². The molecule has 1 N–H and O–H groups in total. The van der Waals surface area contributed by atoms with E-state index in [9.17, 15) is 23.5 Å². The Kier molecular flexibility index (Phi) is 5.97. The second-order valence-corrected chi connectivity index (χ2v) is 8.47. The van der Waals surface area contributed by atoms with E-state index in [2.05, 4.69) is 4.90 Å². The van der Waals surface area contributed by atoms with E-state index in [-0.39, 0.29) is 36.5 Å². The first-order chi connectivity index (χ1) is 13.6. The molecule has 1 saturated heterocycles. The summed E-state index contributed by atoms with van der Waals surface area (Å²) in [5.74, 6) is -2.04. The van der Waals surface area contributed by atoms with Crippen LogP contribution in [0.15, 0.2) is 12.1 Å². The van der Waals surface area contributed by atoms with Crippen LogP contribution in [0.3, 0.4) is 0 Å². The molecular formula is C20H27F2N3O4. The number of fused-ring (bicyclic) bond motifs is 1. The van der Waals surface area contributed by atoms with Gasteiger partial charge in [-0.05, 0) is 33.6 Å². The minimum atomic E-state index is -0.921. The lowest BCUT2D eigenvalue weighted by Gasteiger charge is -2.43. The summed E-state index contributed by atoms with van der Waals surface area (Å²) in [7, 11) is 0. The van der Waals surface area contributed by atoms with Gasteiger partial charge in [-0.1, -0.05) is 0 Å². The maximum Gasteiger partial charge on any atom is 0.407 e. The van der Waals surface area contributed by atoms with Crippen LogP contribution in [0.4, 0.5) is 19.3 Å². The number of hydrogen-bond donors (Lipinski definition) is 1. The standard InChI is InChI=1S/C20H27F2N3O4/c1-20(2,3)25(19(27)28)14-4-6-23(7-5-14)8-9-24-16-11-13(21)10-15(22)18(16)29-12-17(24)26/h10-11,14H,4-9,12H2,1-3H3,(H,27,28). The molecule has 0 aliphatic carbocycles. The SMILES string of the molecule is CC(C)(C)N(C(=O)O)C1CCN(CCN2C(=O)COc3c(F)cc(F)cc32)CC1. The third-order valence-electron chi connectivity index (χ3n) is 5.41. The van der Waals surface area contributed by atoms with Crippen molar-refractivity contribution in [2.45, 2.75) is 45.2 Å². The van der Waals surface area contributed by atoms with Gasteiger partial charge >= 0.3 is 6.09 Å². The zero-order valence-corrected chi connectivity index (χ0v) is 17.0. The van der Waals surface area contributed by atoms with Gasteiger partial charge in [0.05, 0.1) is 5.69 Å². The molecule has 1 aromatic carbocycles. The predicted molar refractivity (Wildman–Crippen MR) is 103 cm³/mol. The Balaban J connectivity index is 1.61. The summed E-state index contributed by atoms with van der Waals surface area (Å²) in [6.07, 6.45) is 0.469. The van der Waals surface area contributed by atoms with Crippen molar-refractivity contribution in [3.8, 4) is 5.75 Å². The van der Waals surface area contributed by atoms with Gasteiger partial charge in [0.15, 0.2) is 18.2 Å². The lowest BCUT2D eigenvalue weighted by molar-refractivity contribution is -0.121. The van der Waals surface area contributed by atoms with Crippen LogP contribution in [-0.2, 0) is 4.79 Å². The van der Waals surface area contributed by atoms with Crippen LogP contribution >= 0.6 is 0 Å². The van der Waals surface area contributed by atoms with E-state index in [1.165, 1.54) is 9.80 Å². The number of rotatable bonds is 4. The van der Waals surface area contributed by atoms with Crippen molar-refractivity contribution in [3.05, 3.63) is 23.8 Å². The number of hydrogen-bond acceptors (Lipinski definition) is 4. The van der Waals surface area contributed by atoms with Crippen LogP contribution in [0.5, 0.6) is 5.75 Å². The number of amides is 2. The Bertz CT molecular complexity index is 789. The van der Waals surface area contributed by atoms with Gasteiger partial charge in [0.2, 0.25) is 0 Å². The molecule has 2 aliphatic rings. The molecule has 0 radical (unpaired) electrons. The van der Waals surface area contributed by atoms with Crippen molar-refractivity contribution in [3.63, 3.8) is 0 Å². The minimum Gasteiger partial charge on any atom is -0.478 e. The third-order valence-corrected chi connectivity index (χ3v) is 5.41. The van der Waals surface area contributed by atoms with Gasteiger partial charge in [-0.3, -0.25) is 4.79 Å². The fourth-order valence-electron chi connectivity index (χ4n) is 4.11. The zero-order chi connectivity index (χ0) is 21.3. The van der Waals surface area contributed by atoms with Crippen LogP contribution in [0.1, 0.15) is 33.6 Å². The molecule has 7 nitrogen and oxygen atoms in total. The zero-order valence-electron chi connectivity index (χ0n) is 17.0. The molecule has 1 aromatic rings. The maximum atomic E-state index is 13.9. The Hall–Kier alpha value is -2.42. The van der Waals surface area contributed by atoms with Gasteiger partial charge in [-0.25, -0.2) is 13.6 Å². The largest absolute Gasteiger partial charge is 0.478 e. The van der Waals surface area contributed by atoms with E-state index in [4.69, 9.17) is 4.74 Å². The third kappa shape index (κ3) is 4.60. The normalized spacial score (nSPS) is 18.4. The first-order valence-corrected chi connectivity index (χ1v) is 9.74. The van der Waals surface area contributed by atoms with Crippen molar-refractivity contribution >= 4 is 17.7 Å². The Morgan fingerprint density at radius 2 is 1.90 bits per heavy atom. The summed E-state index contributed by atoms with van der Waals surface area (Å²) in [4.78, 5) is 28.9. The molecule has 3 rings (SSSR count). The first-order valence-electron chi connectivity index (χ1n) is 9.74.